The van der Waals surface area contributed by atoms with E-state index in [0.29, 0.717) is 25.3 Å². The molecule has 0 fully saturated rings. The lowest BCUT2D eigenvalue weighted by atomic mass is 9.86. The van der Waals surface area contributed by atoms with Gasteiger partial charge in [-0.05, 0) is 48.9 Å². The van der Waals surface area contributed by atoms with Gasteiger partial charge >= 0.3 is 0 Å². The molecule has 0 saturated heterocycles. The number of sulfonamides is 1. The fourth-order valence-electron chi connectivity index (χ4n) is 4.85. The van der Waals surface area contributed by atoms with Crippen molar-refractivity contribution >= 4 is 56.5 Å². The Morgan fingerprint density at radius 1 is 1.05 bits per heavy atom. The molecule has 3 rings (SSSR count). The van der Waals surface area contributed by atoms with Gasteiger partial charge in [0.05, 0.1) is 11.4 Å². The summed E-state index contributed by atoms with van der Waals surface area (Å²) >= 11 is 8.41. The number of ether oxygens (including phenoxy) is 1. The minimum atomic E-state index is -3.95. The molecule has 0 aromatic heterocycles. The van der Waals surface area contributed by atoms with Crippen LogP contribution in [0.4, 0.5) is 11.4 Å². The Morgan fingerprint density at radius 2 is 1.70 bits per heavy atom. The maximum absolute atomic E-state index is 13.6. The maximum Gasteiger partial charge on any atom is 0.267 e. The molecule has 10 heteroatoms. The number of aliphatic imine (C=N–C) groups is 1. The fraction of sp³-hybridized carbons (Fsp3) is 0.533. The molecule has 1 atom stereocenters. The van der Waals surface area contributed by atoms with E-state index in [2.05, 4.69) is 51.9 Å². The molecule has 1 heterocycles. The van der Waals surface area contributed by atoms with Crippen LogP contribution in [0.15, 0.2) is 63.3 Å². The van der Waals surface area contributed by atoms with Crippen molar-refractivity contribution < 1.29 is 17.9 Å². The van der Waals surface area contributed by atoms with Crippen molar-refractivity contribution in [1.29, 1.82) is 0 Å². The molecule has 7 nitrogen and oxygen atoms in total. The third-order valence-electron chi connectivity index (χ3n) is 6.16. The Hall–Kier alpha value is -2.07. The second-order valence-electron chi connectivity index (χ2n) is 11.8. The first kappa shape index (κ1) is 32.4. The van der Waals surface area contributed by atoms with Gasteiger partial charge in [0.15, 0.2) is 5.38 Å². The molecule has 0 spiro atoms. The molecule has 0 saturated carbocycles. The number of amidine groups is 1. The smallest absolute Gasteiger partial charge is 0.267 e. The molecule has 1 aliphatic heterocycles. The first-order valence-corrected chi connectivity index (χ1v) is 16.5. The van der Waals surface area contributed by atoms with E-state index in [1.165, 1.54) is 6.07 Å². The van der Waals surface area contributed by atoms with Gasteiger partial charge in [-0.25, -0.2) is 13.4 Å². The monoisotopic (exact) mass is 607 g/mol. The van der Waals surface area contributed by atoms with Gasteiger partial charge in [-0.1, -0.05) is 72.2 Å². The standard InChI is InChI=1S/C30H42ClN3O4S2/c1-7-8-19-38-20-13-18-34-27(32-23-15-10-12-17-25(23)40(34,36)37)26(31)28(35)33-22-14-9-11-16-24(22)39-30(5,6)21-29(2,3)4/h9-12,14-17,26H,7-8,13,18-21H2,1-6H3,(H,33,35). The van der Waals surface area contributed by atoms with Gasteiger partial charge in [-0.15, -0.1) is 23.4 Å². The number of anilines is 1. The molecule has 0 aliphatic carbocycles. The number of benzene rings is 2. The number of halogens is 1. The summed E-state index contributed by atoms with van der Waals surface area (Å²) in [7, 11) is -3.95. The van der Waals surface area contributed by atoms with Gasteiger partial charge in [-0.2, -0.15) is 0 Å². The largest absolute Gasteiger partial charge is 0.381 e. The zero-order valence-corrected chi connectivity index (χ0v) is 26.8. The average molecular weight is 608 g/mol. The highest BCUT2D eigenvalue weighted by Gasteiger charge is 2.39. The quantitative estimate of drug-likeness (QED) is 0.145. The van der Waals surface area contributed by atoms with E-state index in [1.807, 2.05) is 24.3 Å². The van der Waals surface area contributed by atoms with Crippen LogP contribution in [0, 0.1) is 5.41 Å². The first-order chi connectivity index (χ1) is 18.7. The van der Waals surface area contributed by atoms with Crippen molar-refractivity contribution in [3.05, 3.63) is 48.5 Å². The summed E-state index contributed by atoms with van der Waals surface area (Å²) in [6, 6.07) is 14.1. The average Bonchev–Trinajstić information content (AvgIpc) is 2.86. The van der Waals surface area contributed by atoms with Crippen LogP contribution in [0.3, 0.4) is 0 Å². The summed E-state index contributed by atoms with van der Waals surface area (Å²) in [5.74, 6) is -0.550. The van der Waals surface area contributed by atoms with Crippen LogP contribution in [0.2, 0.25) is 0 Å². The molecule has 1 aliphatic rings. The first-order valence-electron chi connectivity index (χ1n) is 13.8. The van der Waals surface area contributed by atoms with Crippen LogP contribution in [0.1, 0.15) is 67.2 Å². The predicted octanol–water partition coefficient (Wildman–Crippen LogP) is 7.48. The number of amides is 1. The van der Waals surface area contributed by atoms with Crippen molar-refractivity contribution in [2.45, 2.75) is 87.1 Å². The Labute approximate surface area is 249 Å². The third kappa shape index (κ3) is 8.71. The SMILES string of the molecule is CCCCOCCCN1C(C(Cl)C(=O)Nc2ccccc2SC(C)(C)CC(C)(C)C)=Nc2ccccc2S1(=O)=O. The number of nitrogens with one attached hydrogen (secondary N) is 1. The van der Waals surface area contributed by atoms with E-state index in [1.54, 1.807) is 30.0 Å². The Balaban J connectivity index is 1.84. The van der Waals surface area contributed by atoms with Crippen LogP contribution >= 0.6 is 23.4 Å². The Bertz CT molecular complexity index is 1310. The molecule has 40 heavy (non-hydrogen) atoms. The highest BCUT2D eigenvalue weighted by atomic mass is 35.5. The second kappa shape index (κ2) is 13.7. The molecule has 0 bridgehead atoms. The van der Waals surface area contributed by atoms with E-state index in [9.17, 15) is 13.2 Å². The van der Waals surface area contributed by atoms with E-state index in [4.69, 9.17) is 16.3 Å². The summed E-state index contributed by atoms with van der Waals surface area (Å²) in [4.78, 5) is 19.1. The number of carbonyl (C=O) groups excluding carboxylic acids is 1. The van der Waals surface area contributed by atoms with Gasteiger partial charge in [0.25, 0.3) is 10.0 Å². The summed E-state index contributed by atoms with van der Waals surface area (Å²) < 4.78 is 33.9. The van der Waals surface area contributed by atoms with Crippen molar-refractivity contribution in [1.82, 2.24) is 4.31 Å². The van der Waals surface area contributed by atoms with Gasteiger partial charge < -0.3 is 10.1 Å². The lowest BCUT2D eigenvalue weighted by molar-refractivity contribution is -0.114. The summed E-state index contributed by atoms with van der Waals surface area (Å²) in [6.45, 7) is 14.2. The molecule has 2 aromatic carbocycles. The van der Waals surface area contributed by atoms with Gasteiger partial charge in [0, 0.05) is 29.4 Å². The summed E-state index contributed by atoms with van der Waals surface area (Å²) in [5.41, 5.74) is 1.04. The highest BCUT2D eigenvalue weighted by molar-refractivity contribution is 8.00. The topological polar surface area (TPSA) is 88.1 Å². The molecule has 1 unspecified atom stereocenters. The minimum absolute atomic E-state index is 0.00961. The number of fused-ring (bicyclic) bond motifs is 1. The number of carbonyl (C=O) groups is 1. The molecule has 0 radical (unpaired) electrons. The highest BCUT2D eigenvalue weighted by Crippen LogP contribution is 2.43. The van der Waals surface area contributed by atoms with Crippen molar-refractivity contribution in [2.24, 2.45) is 10.4 Å². The van der Waals surface area contributed by atoms with E-state index < -0.39 is 21.3 Å². The molecule has 220 valence electrons. The number of alkyl halides is 1. The van der Waals surface area contributed by atoms with Gasteiger partial charge in [0.1, 0.15) is 10.7 Å². The maximum atomic E-state index is 13.6. The van der Waals surface area contributed by atoms with Crippen LogP contribution in [0.5, 0.6) is 0 Å². The number of hydrogen-bond acceptors (Lipinski definition) is 6. The third-order valence-corrected chi connectivity index (χ3v) is 9.68. The molecular formula is C30H42ClN3O4S2. The lowest BCUT2D eigenvalue weighted by Crippen LogP contribution is -2.47. The zero-order chi connectivity index (χ0) is 29.6. The number of para-hydroxylation sites is 2. The summed E-state index contributed by atoms with van der Waals surface area (Å²) in [6.07, 6.45) is 3.37. The molecule has 1 N–H and O–H groups in total. The Kier molecular flexibility index (Phi) is 11.1. The molecule has 2 aromatic rings. The normalized spacial score (nSPS) is 15.8. The second-order valence-corrected chi connectivity index (χ2v) is 15.8. The van der Waals surface area contributed by atoms with Gasteiger partial charge in [0.2, 0.25) is 5.91 Å². The number of nitrogens with zero attached hydrogens (tertiary/aromatic N) is 2. The summed E-state index contributed by atoms with van der Waals surface area (Å²) in [5, 5.41) is 1.61. The van der Waals surface area contributed by atoms with E-state index >= 15 is 0 Å². The van der Waals surface area contributed by atoms with E-state index in [0.717, 1.165) is 28.5 Å². The van der Waals surface area contributed by atoms with Crippen LogP contribution in [-0.4, -0.2) is 54.3 Å². The molecular weight excluding hydrogens is 566 g/mol. The number of thioether (sulfide) groups is 1. The zero-order valence-electron chi connectivity index (χ0n) is 24.4. The van der Waals surface area contributed by atoms with Gasteiger partial charge in [-0.3, -0.25) is 9.10 Å². The van der Waals surface area contributed by atoms with Crippen molar-refractivity contribution in [3.8, 4) is 0 Å². The Morgan fingerprint density at radius 3 is 2.40 bits per heavy atom. The minimum Gasteiger partial charge on any atom is -0.381 e. The van der Waals surface area contributed by atoms with E-state index in [-0.39, 0.29) is 33.1 Å². The molecule has 1 amide bonds. The fourth-order valence-corrected chi connectivity index (χ4v) is 8.23. The van der Waals surface area contributed by atoms with Crippen molar-refractivity contribution in [3.63, 3.8) is 0 Å². The predicted molar refractivity (Wildman–Crippen MR) is 166 cm³/mol. The van der Waals surface area contributed by atoms with Crippen LogP contribution in [-0.2, 0) is 19.6 Å². The van der Waals surface area contributed by atoms with Crippen molar-refractivity contribution in [2.75, 3.05) is 25.1 Å². The van der Waals surface area contributed by atoms with Crippen LogP contribution in [0.25, 0.3) is 0 Å². The number of rotatable bonds is 13. The number of unbranched alkanes of at least 4 members (excludes halogenated alkanes) is 1. The van der Waals surface area contributed by atoms with Crippen LogP contribution < -0.4 is 5.32 Å². The number of hydrogen-bond donors (Lipinski definition) is 1. The lowest BCUT2D eigenvalue weighted by Gasteiger charge is -2.33.